The fraction of sp³-hybridized carbons (Fsp3) is 0.300. The van der Waals surface area contributed by atoms with E-state index in [0.29, 0.717) is 28.3 Å². The predicted molar refractivity (Wildman–Crippen MR) is 101 cm³/mol. The number of hydrogen-bond donors (Lipinski definition) is 2. The molecule has 0 aliphatic carbocycles. The number of carbonyl (C=O) groups excluding carboxylic acids is 2. The van der Waals surface area contributed by atoms with E-state index in [9.17, 15) is 9.59 Å². The maximum Gasteiger partial charge on any atom is 0.255 e. The van der Waals surface area contributed by atoms with Crippen LogP contribution in [-0.4, -0.2) is 31.6 Å². The van der Waals surface area contributed by atoms with E-state index >= 15 is 0 Å². The Bertz CT molecular complexity index is 810. The van der Waals surface area contributed by atoms with Gasteiger partial charge in [-0.3, -0.25) is 9.59 Å². The summed E-state index contributed by atoms with van der Waals surface area (Å²) in [5, 5.41) is 5.68. The highest BCUT2D eigenvalue weighted by atomic mass is 16.5. The molecule has 0 bridgehead atoms. The third-order valence-corrected chi connectivity index (χ3v) is 3.55. The van der Waals surface area contributed by atoms with E-state index in [2.05, 4.69) is 10.6 Å². The van der Waals surface area contributed by atoms with Crippen LogP contribution in [0.5, 0.6) is 11.5 Å². The first-order chi connectivity index (χ1) is 12.2. The maximum atomic E-state index is 12.6. The lowest BCUT2D eigenvalue weighted by Crippen LogP contribution is -2.40. The van der Waals surface area contributed by atoms with Gasteiger partial charge in [0.05, 0.1) is 25.5 Å². The molecule has 6 heteroatoms. The molecule has 0 saturated carbocycles. The van der Waals surface area contributed by atoms with Crippen molar-refractivity contribution in [2.45, 2.75) is 26.3 Å². The van der Waals surface area contributed by atoms with Gasteiger partial charge in [0.2, 0.25) is 0 Å². The molecule has 2 aromatic carbocycles. The van der Waals surface area contributed by atoms with Crippen molar-refractivity contribution in [3.8, 4) is 11.5 Å². The zero-order valence-corrected chi connectivity index (χ0v) is 15.7. The minimum Gasteiger partial charge on any atom is -0.493 e. The average molecular weight is 356 g/mol. The molecular weight excluding hydrogens is 332 g/mol. The molecule has 26 heavy (non-hydrogen) atoms. The van der Waals surface area contributed by atoms with Crippen LogP contribution in [0, 0.1) is 0 Å². The monoisotopic (exact) mass is 356 g/mol. The van der Waals surface area contributed by atoms with Crippen molar-refractivity contribution in [1.82, 2.24) is 5.32 Å². The molecule has 0 saturated heterocycles. The van der Waals surface area contributed by atoms with Gasteiger partial charge in [0, 0.05) is 11.1 Å². The molecule has 2 amide bonds. The lowest BCUT2D eigenvalue weighted by atomic mass is 10.1. The van der Waals surface area contributed by atoms with E-state index in [1.807, 2.05) is 20.8 Å². The summed E-state index contributed by atoms with van der Waals surface area (Å²) in [5.74, 6) is 0.399. The summed E-state index contributed by atoms with van der Waals surface area (Å²) in [7, 11) is 3.04. The molecule has 6 nitrogen and oxygen atoms in total. The number of carbonyl (C=O) groups is 2. The molecule has 0 aliphatic rings. The fourth-order valence-electron chi connectivity index (χ4n) is 2.37. The van der Waals surface area contributed by atoms with Crippen LogP contribution in [0.15, 0.2) is 42.5 Å². The zero-order valence-electron chi connectivity index (χ0n) is 15.7. The standard InChI is InChI=1S/C20H24N2O4/c1-20(2,3)22-19(24)14-8-6-7-9-15(14)21-18(23)13-10-11-16(25-4)17(12-13)26-5/h6-12H,1-5H3,(H,21,23)(H,22,24). The highest BCUT2D eigenvalue weighted by Gasteiger charge is 2.19. The average Bonchev–Trinajstić information content (AvgIpc) is 2.60. The first-order valence-corrected chi connectivity index (χ1v) is 8.20. The van der Waals surface area contributed by atoms with Crippen LogP contribution in [0.25, 0.3) is 0 Å². The van der Waals surface area contributed by atoms with Gasteiger partial charge >= 0.3 is 0 Å². The number of methoxy groups -OCH3 is 2. The van der Waals surface area contributed by atoms with Crippen molar-refractivity contribution >= 4 is 17.5 Å². The molecule has 0 fully saturated rings. The van der Waals surface area contributed by atoms with Gasteiger partial charge in [0.15, 0.2) is 11.5 Å². The molecule has 0 atom stereocenters. The number of ether oxygens (including phenoxy) is 2. The Kier molecular flexibility index (Phi) is 5.87. The minimum absolute atomic E-state index is 0.249. The summed E-state index contributed by atoms with van der Waals surface area (Å²) in [4.78, 5) is 25.1. The summed E-state index contributed by atoms with van der Waals surface area (Å²) in [6.07, 6.45) is 0. The quantitative estimate of drug-likeness (QED) is 0.860. The molecule has 2 N–H and O–H groups in total. The van der Waals surface area contributed by atoms with Crippen LogP contribution in [0.4, 0.5) is 5.69 Å². The van der Waals surface area contributed by atoms with E-state index in [4.69, 9.17) is 9.47 Å². The molecule has 0 heterocycles. The Morgan fingerprint density at radius 1 is 0.885 bits per heavy atom. The van der Waals surface area contributed by atoms with E-state index < -0.39 is 0 Å². The molecule has 0 spiro atoms. The highest BCUT2D eigenvalue weighted by Crippen LogP contribution is 2.28. The van der Waals surface area contributed by atoms with Crippen LogP contribution in [0.3, 0.4) is 0 Å². The third kappa shape index (κ3) is 4.75. The zero-order chi connectivity index (χ0) is 19.3. The highest BCUT2D eigenvalue weighted by molar-refractivity contribution is 6.09. The summed E-state index contributed by atoms with van der Waals surface area (Å²) in [5.41, 5.74) is 0.858. The van der Waals surface area contributed by atoms with Crippen LogP contribution in [0.2, 0.25) is 0 Å². The van der Waals surface area contributed by atoms with E-state index in [1.54, 1.807) is 42.5 Å². The number of para-hydroxylation sites is 1. The predicted octanol–water partition coefficient (Wildman–Crippen LogP) is 3.48. The lowest BCUT2D eigenvalue weighted by Gasteiger charge is -2.21. The van der Waals surface area contributed by atoms with Gasteiger partial charge in [0.25, 0.3) is 11.8 Å². The SMILES string of the molecule is COc1ccc(C(=O)Nc2ccccc2C(=O)NC(C)(C)C)cc1OC. The van der Waals surface area contributed by atoms with Crippen LogP contribution >= 0.6 is 0 Å². The Hall–Kier alpha value is -3.02. The molecule has 0 radical (unpaired) electrons. The fourth-order valence-corrected chi connectivity index (χ4v) is 2.37. The van der Waals surface area contributed by atoms with Crippen molar-refractivity contribution in [3.05, 3.63) is 53.6 Å². The molecule has 138 valence electrons. The molecule has 0 aliphatic heterocycles. The van der Waals surface area contributed by atoms with Gasteiger partial charge in [-0.2, -0.15) is 0 Å². The lowest BCUT2D eigenvalue weighted by molar-refractivity contribution is 0.0920. The molecule has 0 unspecified atom stereocenters. The second-order valence-electron chi connectivity index (χ2n) is 6.77. The number of benzene rings is 2. The first kappa shape index (κ1) is 19.3. The number of amides is 2. The van der Waals surface area contributed by atoms with Gasteiger partial charge in [-0.1, -0.05) is 12.1 Å². The van der Waals surface area contributed by atoms with Crippen LogP contribution in [-0.2, 0) is 0 Å². The van der Waals surface area contributed by atoms with Gasteiger partial charge in [-0.15, -0.1) is 0 Å². The Morgan fingerprint density at radius 2 is 1.54 bits per heavy atom. The second kappa shape index (κ2) is 7.91. The third-order valence-electron chi connectivity index (χ3n) is 3.55. The minimum atomic E-state index is -0.377. The second-order valence-corrected chi connectivity index (χ2v) is 6.77. The Labute approximate surface area is 153 Å². The summed E-state index contributed by atoms with van der Waals surface area (Å²) < 4.78 is 10.4. The van der Waals surface area contributed by atoms with Gasteiger partial charge < -0.3 is 20.1 Å². The van der Waals surface area contributed by atoms with Crippen molar-refractivity contribution in [1.29, 1.82) is 0 Å². The van der Waals surface area contributed by atoms with Gasteiger partial charge in [0.1, 0.15) is 0 Å². The van der Waals surface area contributed by atoms with E-state index in [1.165, 1.54) is 14.2 Å². The molecule has 2 rings (SSSR count). The van der Waals surface area contributed by atoms with Crippen LogP contribution in [0.1, 0.15) is 41.5 Å². The van der Waals surface area contributed by atoms with Crippen molar-refractivity contribution in [2.24, 2.45) is 0 Å². The number of rotatable bonds is 5. The van der Waals surface area contributed by atoms with E-state index in [0.717, 1.165) is 0 Å². The van der Waals surface area contributed by atoms with Crippen LogP contribution < -0.4 is 20.1 Å². The summed E-state index contributed by atoms with van der Waals surface area (Å²) in [6.45, 7) is 5.70. The van der Waals surface area contributed by atoms with Crippen molar-refractivity contribution < 1.29 is 19.1 Å². The maximum absolute atomic E-state index is 12.6. The summed E-state index contributed by atoms with van der Waals surface area (Å²) >= 11 is 0. The topological polar surface area (TPSA) is 76.7 Å². The van der Waals surface area contributed by atoms with Crippen molar-refractivity contribution in [2.75, 3.05) is 19.5 Å². The Morgan fingerprint density at radius 3 is 2.15 bits per heavy atom. The number of nitrogens with one attached hydrogen (secondary N) is 2. The largest absolute Gasteiger partial charge is 0.493 e. The number of hydrogen-bond acceptors (Lipinski definition) is 4. The molecular formula is C20H24N2O4. The van der Waals surface area contributed by atoms with Gasteiger partial charge in [-0.25, -0.2) is 0 Å². The normalized spacial score (nSPS) is 10.8. The van der Waals surface area contributed by atoms with E-state index in [-0.39, 0.29) is 17.4 Å². The smallest absolute Gasteiger partial charge is 0.255 e. The van der Waals surface area contributed by atoms with Crippen molar-refractivity contribution in [3.63, 3.8) is 0 Å². The summed E-state index contributed by atoms with van der Waals surface area (Å²) in [6, 6.07) is 11.8. The van der Waals surface area contributed by atoms with Gasteiger partial charge in [-0.05, 0) is 51.1 Å². The Balaban J connectivity index is 2.26. The molecule has 0 aromatic heterocycles. The first-order valence-electron chi connectivity index (χ1n) is 8.20. The molecule has 2 aromatic rings. The number of anilines is 1.